The average molecular weight is 585 g/mol. The summed E-state index contributed by atoms with van der Waals surface area (Å²) in [5.41, 5.74) is -0.581. The molecule has 0 bridgehead atoms. The normalized spacial score (nSPS) is 19.3. The fourth-order valence-electron chi connectivity index (χ4n) is 4.48. The van der Waals surface area contributed by atoms with Gasteiger partial charge >= 0.3 is 17.9 Å². The van der Waals surface area contributed by atoms with Gasteiger partial charge in [0.1, 0.15) is 12.7 Å². The van der Waals surface area contributed by atoms with Gasteiger partial charge < -0.3 is 18.9 Å². The van der Waals surface area contributed by atoms with E-state index in [9.17, 15) is 29.3 Å². The van der Waals surface area contributed by atoms with Crippen LogP contribution in [0.25, 0.3) is 0 Å². The number of pyridine rings is 1. The van der Waals surface area contributed by atoms with Crippen LogP contribution >= 0.6 is 0 Å². The quantitative estimate of drug-likeness (QED) is 0.122. The molecule has 4 aromatic rings. The van der Waals surface area contributed by atoms with Gasteiger partial charge in [0.05, 0.1) is 27.8 Å². The molecule has 1 aliphatic heterocycles. The summed E-state index contributed by atoms with van der Waals surface area (Å²) in [6, 6.07) is 26.0. The summed E-state index contributed by atoms with van der Waals surface area (Å²) in [7, 11) is 0. The van der Waals surface area contributed by atoms with E-state index in [2.05, 4.69) is 0 Å². The van der Waals surface area contributed by atoms with Crippen molar-refractivity contribution in [2.45, 2.75) is 24.5 Å². The molecule has 4 unspecified atom stereocenters. The Bertz CT molecular complexity index is 1680. The van der Waals surface area contributed by atoms with Crippen LogP contribution in [-0.4, -0.2) is 52.3 Å². The van der Waals surface area contributed by atoms with Gasteiger partial charge in [0, 0.05) is 12.1 Å². The molecule has 0 spiro atoms. The number of ether oxygens (including phenoxy) is 4. The van der Waals surface area contributed by atoms with E-state index < -0.39 is 65.2 Å². The molecule has 1 aliphatic rings. The molecule has 1 saturated heterocycles. The van der Waals surface area contributed by atoms with Crippen molar-refractivity contribution in [1.82, 2.24) is 4.57 Å². The Morgan fingerprint density at radius 1 is 0.721 bits per heavy atom. The maximum Gasteiger partial charge on any atom is 0.338 e. The predicted octanol–water partition coefficient (Wildman–Crippen LogP) is 3.96. The molecule has 12 nitrogen and oxygen atoms in total. The summed E-state index contributed by atoms with van der Waals surface area (Å²) >= 11 is 0. The molecule has 0 aliphatic carbocycles. The second-order valence-corrected chi connectivity index (χ2v) is 9.39. The van der Waals surface area contributed by atoms with Crippen LogP contribution in [-0.2, 0) is 18.9 Å². The number of carbonyl (C=O) groups is 3. The Morgan fingerprint density at radius 2 is 1.21 bits per heavy atom. The van der Waals surface area contributed by atoms with Crippen LogP contribution in [0.15, 0.2) is 114 Å². The number of nitro groups is 1. The summed E-state index contributed by atoms with van der Waals surface area (Å²) in [6.07, 6.45) is -4.69. The summed E-state index contributed by atoms with van der Waals surface area (Å²) < 4.78 is 24.0. The molecule has 4 atom stereocenters. The smallest absolute Gasteiger partial charge is 0.338 e. The number of carbonyl (C=O) groups excluding carboxylic acids is 3. The standard InChI is InChI=1S/C31H24N2O10/c34-25-17-16-23(33(38)39)18-32(25)28-27(43-31(37)22-14-8-3-9-15-22)26(42-30(36)21-12-6-2-7-13-21)24(41-28)19-40-29(35)20-10-4-1-5-11-20/h1-18,24,26-28H,19H2. The summed E-state index contributed by atoms with van der Waals surface area (Å²) in [6.45, 7) is -0.472. The van der Waals surface area contributed by atoms with E-state index in [-0.39, 0.29) is 16.7 Å². The van der Waals surface area contributed by atoms with Crippen molar-refractivity contribution in [3.05, 3.63) is 146 Å². The second-order valence-electron chi connectivity index (χ2n) is 9.39. The molecular weight excluding hydrogens is 560 g/mol. The number of hydrogen-bond acceptors (Lipinski definition) is 10. The van der Waals surface area contributed by atoms with E-state index in [4.69, 9.17) is 18.9 Å². The lowest BCUT2D eigenvalue weighted by atomic mass is 10.1. The minimum Gasteiger partial charge on any atom is -0.459 e. The van der Waals surface area contributed by atoms with Crippen LogP contribution in [0.1, 0.15) is 37.3 Å². The van der Waals surface area contributed by atoms with Gasteiger partial charge in [0.25, 0.3) is 11.2 Å². The minimum atomic E-state index is -1.49. The van der Waals surface area contributed by atoms with Crippen molar-refractivity contribution < 1.29 is 38.3 Å². The molecule has 2 heterocycles. The van der Waals surface area contributed by atoms with Crippen molar-refractivity contribution in [3.8, 4) is 0 Å². The van der Waals surface area contributed by atoms with Crippen LogP contribution in [0, 0.1) is 10.1 Å². The third-order valence-corrected chi connectivity index (χ3v) is 6.59. The SMILES string of the molecule is O=C(OCC1OC(n2cc([N+](=O)[O-])ccc2=O)C(OC(=O)c2ccccc2)C1OC(=O)c1ccccc1)c1ccccc1. The van der Waals surface area contributed by atoms with E-state index in [1.165, 1.54) is 24.3 Å². The van der Waals surface area contributed by atoms with Crippen molar-refractivity contribution in [2.24, 2.45) is 0 Å². The number of aromatic nitrogens is 1. The lowest BCUT2D eigenvalue weighted by molar-refractivity contribution is -0.385. The van der Waals surface area contributed by atoms with Gasteiger partial charge in [0.2, 0.25) is 0 Å². The van der Waals surface area contributed by atoms with Crippen LogP contribution < -0.4 is 5.56 Å². The van der Waals surface area contributed by atoms with Gasteiger partial charge in [-0.15, -0.1) is 0 Å². The van der Waals surface area contributed by atoms with Crippen LogP contribution in [0.2, 0.25) is 0 Å². The van der Waals surface area contributed by atoms with Crippen molar-refractivity contribution in [2.75, 3.05) is 6.61 Å². The zero-order valence-electron chi connectivity index (χ0n) is 22.4. The fourth-order valence-corrected chi connectivity index (χ4v) is 4.48. The first-order valence-electron chi connectivity index (χ1n) is 13.1. The van der Waals surface area contributed by atoms with Crippen LogP contribution in [0.5, 0.6) is 0 Å². The summed E-state index contributed by atoms with van der Waals surface area (Å²) in [5.74, 6) is -2.34. The molecule has 0 saturated carbocycles. The predicted molar refractivity (Wildman–Crippen MR) is 149 cm³/mol. The van der Waals surface area contributed by atoms with Crippen LogP contribution in [0.4, 0.5) is 5.69 Å². The van der Waals surface area contributed by atoms with Crippen molar-refractivity contribution in [1.29, 1.82) is 0 Å². The number of nitrogens with zero attached hydrogens (tertiary/aromatic N) is 2. The molecule has 12 heteroatoms. The largest absolute Gasteiger partial charge is 0.459 e. The Hall–Kier alpha value is -5.62. The number of benzene rings is 3. The second kappa shape index (κ2) is 12.9. The lowest BCUT2D eigenvalue weighted by Gasteiger charge is -2.25. The molecule has 43 heavy (non-hydrogen) atoms. The van der Waals surface area contributed by atoms with Gasteiger partial charge in [-0.3, -0.25) is 19.5 Å². The highest BCUT2D eigenvalue weighted by atomic mass is 16.7. The van der Waals surface area contributed by atoms with Gasteiger partial charge in [0.15, 0.2) is 18.4 Å². The molecule has 0 radical (unpaired) electrons. The molecule has 1 fully saturated rings. The maximum atomic E-state index is 13.2. The molecule has 218 valence electrons. The number of hydrogen-bond donors (Lipinski definition) is 0. The fraction of sp³-hybridized carbons (Fsp3) is 0.161. The van der Waals surface area contributed by atoms with Gasteiger partial charge in [-0.1, -0.05) is 54.6 Å². The van der Waals surface area contributed by atoms with Crippen molar-refractivity contribution in [3.63, 3.8) is 0 Å². The summed E-state index contributed by atoms with van der Waals surface area (Å²) in [5, 5.41) is 11.5. The molecule has 0 amide bonds. The maximum absolute atomic E-state index is 13.2. The molecule has 1 aromatic heterocycles. The van der Waals surface area contributed by atoms with Crippen molar-refractivity contribution >= 4 is 23.6 Å². The van der Waals surface area contributed by atoms with E-state index in [0.29, 0.717) is 0 Å². The first-order valence-corrected chi connectivity index (χ1v) is 13.1. The van der Waals surface area contributed by atoms with Crippen LogP contribution in [0.3, 0.4) is 0 Å². The number of rotatable bonds is 9. The third-order valence-electron chi connectivity index (χ3n) is 6.59. The monoisotopic (exact) mass is 584 g/mol. The Labute approximate surface area is 244 Å². The molecular formula is C31H24N2O10. The summed E-state index contributed by atoms with van der Waals surface area (Å²) in [4.78, 5) is 62.8. The first kappa shape index (κ1) is 28.9. The highest BCUT2D eigenvalue weighted by Crippen LogP contribution is 2.35. The lowest BCUT2D eigenvalue weighted by Crippen LogP contribution is -2.42. The van der Waals surface area contributed by atoms with Gasteiger partial charge in [-0.05, 0) is 36.4 Å². The zero-order valence-corrected chi connectivity index (χ0v) is 22.4. The Balaban J connectivity index is 1.53. The molecule has 5 rings (SSSR count). The molecule has 0 N–H and O–H groups in total. The minimum absolute atomic E-state index is 0.153. The highest BCUT2D eigenvalue weighted by Gasteiger charge is 2.51. The topological polar surface area (TPSA) is 153 Å². The van der Waals surface area contributed by atoms with Gasteiger partial charge in [-0.2, -0.15) is 0 Å². The van der Waals surface area contributed by atoms with E-state index >= 15 is 0 Å². The van der Waals surface area contributed by atoms with E-state index in [0.717, 1.165) is 22.9 Å². The van der Waals surface area contributed by atoms with E-state index in [1.807, 2.05) is 0 Å². The third kappa shape index (κ3) is 6.66. The molecule has 3 aromatic carbocycles. The number of esters is 3. The first-order chi connectivity index (χ1) is 20.8. The zero-order chi connectivity index (χ0) is 30.3. The average Bonchev–Trinajstić information content (AvgIpc) is 3.36. The Kier molecular flexibility index (Phi) is 8.68. The highest BCUT2D eigenvalue weighted by molar-refractivity contribution is 5.91. The van der Waals surface area contributed by atoms with E-state index in [1.54, 1.807) is 66.7 Å². The van der Waals surface area contributed by atoms with Gasteiger partial charge in [-0.25, -0.2) is 14.4 Å². The Morgan fingerprint density at radius 3 is 1.72 bits per heavy atom.